The summed E-state index contributed by atoms with van der Waals surface area (Å²) in [5.41, 5.74) is 0.423. The number of barbiturate groups is 1. The monoisotopic (exact) mass is 474 g/mol. The molecule has 0 saturated carbocycles. The highest BCUT2D eigenvalue weighted by Crippen LogP contribution is 2.35. The van der Waals surface area contributed by atoms with Crippen LogP contribution in [0.3, 0.4) is 0 Å². The van der Waals surface area contributed by atoms with Crippen LogP contribution >= 0.6 is 23.2 Å². The van der Waals surface area contributed by atoms with E-state index in [0.29, 0.717) is 5.56 Å². The lowest BCUT2D eigenvalue weighted by molar-refractivity contribution is -0.122. The minimum atomic E-state index is -0.924. The van der Waals surface area contributed by atoms with Gasteiger partial charge < -0.3 is 9.47 Å². The first kappa shape index (κ1) is 23.1. The summed E-state index contributed by atoms with van der Waals surface area (Å²) in [5, 5.41) is 2.45. The van der Waals surface area contributed by atoms with Gasteiger partial charge in [0, 0.05) is 0 Å². The Hall–Kier alpha value is -3.62. The number of rotatable bonds is 6. The van der Waals surface area contributed by atoms with Gasteiger partial charge in [-0.15, -0.1) is 0 Å². The van der Waals surface area contributed by atoms with Crippen molar-refractivity contribution in [1.29, 1.82) is 0 Å². The molecule has 1 saturated heterocycles. The zero-order chi connectivity index (χ0) is 23.4. The molecule has 4 amide bonds. The number of hydrogen-bond donors (Lipinski definition) is 1. The standard InChI is InChI=1S/C22H16Cl2N2O6/c1-3-8-32-18-16(23)10-12(11-17(18)24)9-15-19(27)25-22(30)26(20(15)28)14-6-4-13(5-7-14)21(29)31-2/h3-7,9-11H,1,8H2,2H3,(H,25,27,30)/b15-9+. The van der Waals surface area contributed by atoms with Crippen LogP contribution in [0.1, 0.15) is 15.9 Å². The molecule has 3 rings (SSSR count). The average Bonchev–Trinajstić information content (AvgIpc) is 2.76. The maximum atomic E-state index is 13.0. The van der Waals surface area contributed by atoms with Gasteiger partial charge in [-0.05, 0) is 48.0 Å². The van der Waals surface area contributed by atoms with Gasteiger partial charge in [-0.2, -0.15) is 0 Å². The van der Waals surface area contributed by atoms with Crippen LogP contribution in [0, 0.1) is 0 Å². The van der Waals surface area contributed by atoms with E-state index in [2.05, 4.69) is 16.6 Å². The van der Waals surface area contributed by atoms with Gasteiger partial charge in [0.15, 0.2) is 5.75 Å². The van der Waals surface area contributed by atoms with Gasteiger partial charge in [0.25, 0.3) is 11.8 Å². The Bertz CT molecular complexity index is 1130. The Kier molecular flexibility index (Phi) is 6.97. The van der Waals surface area contributed by atoms with Gasteiger partial charge in [0.05, 0.1) is 28.4 Å². The van der Waals surface area contributed by atoms with Crippen molar-refractivity contribution in [3.05, 3.63) is 75.8 Å². The number of methoxy groups -OCH3 is 1. The van der Waals surface area contributed by atoms with Gasteiger partial charge in [0.1, 0.15) is 12.2 Å². The number of hydrogen-bond acceptors (Lipinski definition) is 6. The molecule has 8 nitrogen and oxygen atoms in total. The summed E-state index contributed by atoms with van der Waals surface area (Å²) in [6.07, 6.45) is 2.78. The molecular weight excluding hydrogens is 459 g/mol. The molecule has 1 aliphatic heterocycles. The molecular formula is C22H16Cl2N2O6. The maximum absolute atomic E-state index is 13.0. The molecule has 1 heterocycles. The molecule has 0 bridgehead atoms. The van der Waals surface area contributed by atoms with E-state index in [1.807, 2.05) is 0 Å². The van der Waals surface area contributed by atoms with Crippen LogP contribution in [0.25, 0.3) is 6.08 Å². The van der Waals surface area contributed by atoms with Gasteiger partial charge in [0.2, 0.25) is 0 Å². The third-order valence-electron chi connectivity index (χ3n) is 4.33. The first-order valence-electron chi connectivity index (χ1n) is 9.09. The normalized spacial score (nSPS) is 14.9. The Balaban J connectivity index is 1.95. The van der Waals surface area contributed by atoms with Crippen molar-refractivity contribution in [2.45, 2.75) is 0 Å². The molecule has 1 N–H and O–H groups in total. The van der Waals surface area contributed by atoms with Crippen LogP contribution < -0.4 is 15.0 Å². The molecule has 0 atom stereocenters. The minimum absolute atomic E-state index is 0.155. The van der Waals surface area contributed by atoms with E-state index in [1.165, 1.54) is 55.7 Å². The zero-order valence-electron chi connectivity index (χ0n) is 16.7. The molecule has 164 valence electrons. The summed E-state index contributed by atoms with van der Waals surface area (Å²) in [7, 11) is 1.23. The van der Waals surface area contributed by atoms with Crippen LogP contribution in [0.4, 0.5) is 10.5 Å². The van der Waals surface area contributed by atoms with Crippen molar-refractivity contribution in [3.63, 3.8) is 0 Å². The van der Waals surface area contributed by atoms with E-state index in [0.717, 1.165) is 4.90 Å². The van der Waals surface area contributed by atoms with Crippen molar-refractivity contribution in [2.24, 2.45) is 0 Å². The number of nitrogens with zero attached hydrogens (tertiary/aromatic N) is 1. The fourth-order valence-corrected chi connectivity index (χ4v) is 3.48. The molecule has 0 spiro atoms. The van der Waals surface area contributed by atoms with E-state index in [9.17, 15) is 19.2 Å². The first-order chi connectivity index (χ1) is 15.3. The number of nitrogens with one attached hydrogen (secondary N) is 1. The number of carbonyl (C=O) groups excluding carboxylic acids is 4. The number of anilines is 1. The van der Waals surface area contributed by atoms with Crippen LogP contribution in [-0.2, 0) is 14.3 Å². The molecule has 0 radical (unpaired) electrons. The summed E-state index contributed by atoms with van der Waals surface area (Å²) in [5.74, 6) is -2.07. The van der Waals surface area contributed by atoms with Gasteiger partial charge in [-0.1, -0.05) is 35.9 Å². The van der Waals surface area contributed by atoms with Gasteiger partial charge in [-0.25, -0.2) is 14.5 Å². The fraction of sp³-hybridized carbons (Fsp3) is 0.0909. The lowest BCUT2D eigenvalue weighted by Crippen LogP contribution is -2.54. The quantitative estimate of drug-likeness (QED) is 0.293. The number of halogens is 2. The Morgan fingerprint density at radius 2 is 1.75 bits per heavy atom. The van der Waals surface area contributed by atoms with E-state index < -0.39 is 23.8 Å². The average molecular weight is 475 g/mol. The molecule has 0 unspecified atom stereocenters. The molecule has 0 aliphatic carbocycles. The summed E-state index contributed by atoms with van der Waals surface area (Å²) >= 11 is 12.4. The number of ether oxygens (including phenoxy) is 2. The van der Waals surface area contributed by atoms with Crippen molar-refractivity contribution in [3.8, 4) is 5.75 Å². The lowest BCUT2D eigenvalue weighted by Gasteiger charge is -2.26. The van der Waals surface area contributed by atoms with Crippen molar-refractivity contribution in [1.82, 2.24) is 5.32 Å². The van der Waals surface area contributed by atoms with Crippen LogP contribution in [0.2, 0.25) is 10.0 Å². The third-order valence-corrected chi connectivity index (χ3v) is 4.89. The predicted molar refractivity (Wildman–Crippen MR) is 119 cm³/mol. The van der Waals surface area contributed by atoms with E-state index >= 15 is 0 Å². The molecule has 1 aliphatic rings. The number of amides is 4. The number of esters is 1. The van der Waals surface area contributed by atoms with E-state index in [1.54, 1.807) is 0 Å². The van der Waals surface area contributed by atoms with Crippen LogP contribution in [-0.4, -0.2) is 37.5 Å². The third kappa shape index (κ3) is 4.66. The molecule has 2 aromatic carbocycles. The second kappa shape index (κ2) is 9.67. The van der Waals surface area contributed by atoms with Gasteiger partial charge in [-0.3, -0.25) is 14.9 Å². The number of urea groups is 1. The maximum Gasteiger partial charge on any atom is 0.337 e. The number of benzene rings is 2. The van der Waals surface area contributed by atoms with Crippen molar-refractivity contribution in [2.75, 3.05) is 18.6 Å². The topological polar surface area (TPSA) is 102 Å². The van der Waals surface area contributed by atoms with Crippen LogP contribution in [0.5, 0.6) is 5.75 Å². The molecule has 2 aromatic rings. The smallest absolute Gasteiger partial charge is 0.337 e. The number of imide groups is 2. The van der Waals surface area contributed by atoms with Gasteiger partial charge >= 0.3 is 12.0 Å². The minimum Gasteiger partial charge on any atom is -0.486 e. The molecule has 10 heteroatoms. The Labute approximate surface area is 193 Å². The summed E-state index contributed by atoms with van der Waals surface area (Å²) in [6.45, 7) is 3.73. The Morgan fingerprint density at radius 3 is 2.31 bits per heavy atom. The molecule has 1 fully saturated rings. The largest absolute Gasteiger partial charge is 0.486 e. The molecule has 0 aromatic heterocycles. The van der Waals surface area contributed by atoms with E-state index in [-0.39, 0.29) is 39.2 Å². The predicted octanol–water partition coefficient (Wildman–Crippen LogP) is 4.01. The summed E-state index contributed by atoms with van der Waals surface area (Å²) in [6, 6.07) is 7.56. The second-order valence-electron chi connectivity index (χ2n) is 6.41. The van der Waals surface area contributed by atoms with Crippen molar-refractivity contribution >= 4 is 58.8 Å². The van der Waals surface area contributed by atoms with Crippen molar-refractivity contribution < 1.29 is 28.7 Å². The first-order valence-corrected chi connectivity index (χ1v) is 9.85. The summed E-state index contributed by atoms with van der Waals surface area (Å²) < 4.78 is 10.0. The highest BCUT2D eigenvalue weighted by Gasteiger charge is 2.37. The zero-order valence-corrected chi connectivity index (χ0v) is 18.2. The van der Waals surface area contributed by atoms with E-state index in [4.69, 9.17) is 27.9 Å². The Morgan fingerprint density at radius 1 is 1.12 bits per heavy atom. The number of carbonyl (C=O) groups is 4. The lowest BCUT2D eigenvalue weighted by atomic mass is 10.1. The molecule has 32 heavy (non-hydrogen) atoms. The van der Waals surface area contributed by atoms with Crippen LogP contribution in [0.15, 0.2) is 54.6 Å². The highest BCUT2D eigenvalue weighted by molar-refractivity contribution is 6.40. The highest BCUT2D eigenvalue weighted by atomic mass is 35.5. The second-order valence-corrected chi connectivity index (χ2v) is 7.22. The fourth-order valence-electron chi connectivity index (χ4n) is 2.87. The summed E-state index contributed by atoms with van der Waals surface area (Å²) in [4.78, 5) is 50.0. The SMILES string of the molecule is C=CCOc1c(Cl)cc(/C=C2\C(=O)NC(=O)N(c3ccc(C(=O)OC)cc3)C2=O)cc1Cl.